The van der Waals surface area contributed by atoms with Crippen LogP contribution < -0.4 is 10.6 Å². The maximum absolute atomic E-state index is 13.2. The molecule has 5 rings (SSSR count). The van der Waals surface area contributed by atoms with Crippen LogP contribution in [0.15, 0.2) is 36.7 Å². The van der Waals surface area contributed by atoms with E-state index in [4.69, 9.17) is 4.74 Å². The SMILES string of the molecule is Cc1ncc(NC(=O)CCN2CCCC2(C)C)cc1NC(=O)c1nnc2cc(C3=C[C@@H](O)[C@H](O)[C@@H](CO)O3)ccn12. The summed E-state index contributed by atoms with van der Waals surface area (Å²) in [5, 5.41) is 43.3. The van der Waals surface area contributed by atoms with Crippen molar-refractivity contribution in [1.82, 2.24) is 24.5 Å². The van der Waals surface area contributed by atoms with Gasteiger partial charge in [-0.1, -0.05) is 0 Å². The lowest BCUT2D eigenvalue weighted by atomic mass is 10.0. The molecular weight excluding hydrogens is 530 g/mol. The Morgan fingerprint density at radius 3 is 2.73 bits per heavy atom. The summed E-state index contributed by atoms with van der Waals surface area (Å²) in [6, 6.07) is 4.91. The molecule has 0 aromatic carbocycles. The Labute approximate surface area is 236 Å². The molecule has 0 saturated carbocycles. The topological polar surface area (TPSA) is 174 Å². The first-order valence-corrected chi connectivity index (χ1v) is 13.6. The van der Waals surface area contributed by atoms with Gasteiger partial charge in [-0.25, -0.2) is 0 Å². The number of rotatable bonds is 8. The van der Waals surface area contributed by atoms with Crippen LogP contribution in [0.5, 0.6) is 0 Å². The van der Waals surface area contributed by atoms with E-state index in [1.54, 1.807) is 37.5 Å². The molecule has 0 aliphatic carbocycles. The van der Waals surface area contributed by atoms with Crippen LogP contribution in [0.1, 0.15) is 55.0 Å². The van der Waals surface area contributed by atoms with Gasteiger partial charge < -0.3 is 30.7 Å². The lowest BCUT2D eigenvalue weighted by Gasteiger charge is -2.31. The molecule has 0 bridgehead atoms. The zero-order chi connectivity index (χ0) is 29.3. The van der Waals surface area contributed by atoms with Crippen molar-refractivity contribution < 1.29 is 29.6 Å². The molecule has 5 heterocycles. The largest absolute Gasteiger partial charge is 0.485 e. The molecule has 13 heteroatoms. The van der Waals surface area contributed by atoms with E-state index >= 15 is 0 Å². The van der Waals surface area contributed by atoms with E-state index in [-0.39, 0.29) is 23.0 Å². The van der Waals surface area contributed by atoms with Crippen LogP contribution in [-0.4, -0.2) is 95.2 Å². The van der Waals surface area contributed by atoms with E-state index in [1.807, 2.05) is 0 Å². The van der Waals surface area contributed by atoms with Gasteiger partial charge in [0.05, 0.1) is 29.9 Å². The van der Waals surface area contributed by atoms with Gasteiger partial charge in [0.25, 0.3) is 5.91 Å². The quantitative estimate of drug-likeness (QED) is 0.268. The first-order chi connectivity index (χ1) is 19.6. The number of aliphatic hydroxyl groups excluding tert-OH is 3. The van der Waals surface area contributed by atoms with Gasteiger partial charge in [0, 0.05) is 30.3 Å². The summed E-state index contributed by atoms with van der Waals surface area (Å²) in [5.41, 5.74) is 2.43. The maximum atomic E-state index is 13.2. The number of ether oxygens (including phenoxy) is 1. The first kappa shape index (κ1) is 28.6. The van der Waals surface area contributed by atoms with Crippen molar-refractivity contribution in [2.24, 2.45) is 0 Å². The average molecular weight is 566 g/mol. The van der Waals surface area contributed by atoms with Crippen molar-refractivity contribution in [3.05, 3.63) is 53.8 Å². The molecule has 3 atom stereocenters. The third-order valence-electron chi connectivity index (χ3n) is 7.71. The zero-order valence-electron chi connectivity index (χ0n) is 23.2. The number of anilines is 2. The molecule has 1 fully saturated rings. The van der Waals surface area contributed by atoms with Gasteiger partial charge in [-0.05, 0) is 64.4 Å². The number of nitrogens with one attached hydrogen (secondary N) is 2. The fourth-order valence-corrected chi connectivity index (χ4v) is 5.20. The number of aryl methyl sites for hydroxylation is 1. The third-order valence-corrected chi connectivity index (χ3v) is 7.71. The molecule has 1 saturated heterocycles. The number of nitrogens with zero attached hydrogens (tertiary/aromatic N) is 5. The number of carbonyl (C=O) groups excluding carboxylic acids is 2. The Morgan fingerprint density at radius 1 is 1.20 bits per heavy atom. The minimum Gasteiger partial charge on any atom is -0.485 e. The van der Waals surface area contributed by atoms with Crippen molar-refractivity contribution in [1.29, 1.82) is 0 Å². The highest BCUT2D eigenvalue weighted by atomic mass is 16.5. The monoisotopic (exact) mass is 565 g/mol. The van der Waals surface area contributed by atoms with Crippen LogP contribution >= 0.6 is 0 Å². The highest BCUT2D eigenvalue weighted by molar-refractivity contribution is 6.03. The third kappa shape index (κ3) is 6.07. The second kappa shape index (κ2) is 11.5. The fraction of sp³-hybridized carbons (Fsp3) is 0.464. The van der Waals surface area contributed by atoms with Gasteiger partial charge in [0.15, 0.2) is 11.8 Å². The Balaban J connectivity index is 1.26. The number of aliphatic hydroxyl groups is 3. The summed E-state index contributed by atoms with van der Waals surface area (Å²) in [4.78, 5) is 32.4. The summed E-state index contributed by atoms with van der Waals surface area (Å²) in [6.45, 7) is 7.34. The normalized spacial score (nSPS) is 22.3. The first-order valence-electron chi connectivity index (χ1n) is 13.6. The van der Waals surface area contributed by atoms with Crippen molar-refractivity contribution in [2.75, 3.05) is 30.3 Å². The lowest BCUT2D eigenvalue weighted by Crippen LogP contribution is -2.43. The lowest BCUT2D eigenvalue weighted by molar-refractivity contribution is -0.116. The second-order valence-electron chi connectivity index (χ2n) is 11.0. The Bertz CT molecular complexity index is 1490. The molecule has 0 spiro atoms. The van der Waals surface area contributed by atoms with Crippen molar-refractivity contribution in [2.45, 2.75) is 63.9 Å². The maximum Gasteiger partial charge on any atom is 0.294 e. The van der Waals surface area contributed by atoms with Gasteiger partial charge in [-0.2, -0.15) is 0 Å². The number of hydrogen-bond acceptors (Lipinski definition) is 10. The van der Waals surface area contributed by atoms with Gasteiger partial charge in [0.2, 0.25) is 11.7 Å². The van der Waals surface area contributed by atoms with Crippen LogP contribution in [0.25, 0.3) is 11.4 Å². The predicted molar refractivity (Wildman–Crippen MR) is 150 cm³/mol. The Kier molecular flexibility index (Phi) is 8.04. The molecule has 3 aromatic rings. The molecular formula is C28H35N7O6. The number of pyridine rings is 2. The van der Waals surface area contributed by atoms with Crippen molar-refractivity contribution in [3.63, 3.8) is 0 Å². The fourth-order valence-electron chi connectivity index (χ4n) is 5.20. The Morgan fingerprint density at radius 2 is 2.00 bits per heavy atom. The number of hydrogen-bond donors (Lipinski definition) is 5. The van der Waals surface area contributed by atoms with Gasteiger partial charge in [-0.3, -0.25) is 23.9 Å². The summed E-state index contributed by atoms with van der Waals surface area (Å²) in [5.74, 6) is -0.361. The minimum absolute atomic E-state index is 0.0239. The smallest absolute Gasteiger partial charge is 0.294 e. The summed E-state index contributed by atoms with van der Waals surface area (Å²) in [7, 11) is 0. The van der Waals surface area contributed by atoms with Crippen molar-refractivity contribution >= 4 is 34.6 Å². The number of aromatic nitrogens is 4. The minimum atomic E-state index is -1.25. The van der Waals surface area contributed by atoms with E-state index in [0.29, 0.717) is 41.2 Å². The van der Waals surface area contributed by atoms with Crippen molar-refractivity contribution in [3.8, 4) is 0 Å². The molecule has 2 aliphatic rings. The number of carbonyl (C=O) groups is 2. The van der Waals surface area contributed by atoms with Crippen LogP contribution in [0.4, 0.5) is 11.4 Å². The Hall–Kier alpha value is -3.91. The highest BCUT2D eigenvalue weighted by Crippen LogP contribution is 2.29. The highest BCUT2D eigenvalue weighted by Gasteiger charge is 2.33. The van der Waals surface area contributed by atoms with Crippen LogP contribution in [0.2, 0.25) is 0 Å². The number of fused-ring (bicyclic) bond motifs is 1. The summed E-state index contributed by atoms with van der Waals surface area (Å²) in [6.07, 6.45) is 3.66. The van der Waals surface area contributed by atoms with E-state index < -0.39 is 30.8 Å². The van der Waals surface area contributed by atoms with Crippen LogP contribution in [-0.2, 0) is 9.53 Å². The van der Waals surface area contributed by atoms with Crippen LogP contribution in [0, 0.1) is 6.92 Å². The summed E-state index contributed by atoms with van der Waals surface area (Å²) >= 11 is 0. The molecule has 0 unspecified atom stereocenters. The standard InChI is InChI=1S/C28H35N7O6/c1-16-19(12-18(14-29-16)30-24(38)6-9-34-8-4-7-28(34,2)3)31-27(40)26-33-32-23-11-17(5-10-35(23)26)21-13-20(37)25(39)22(15-36)41-21/h5,10-14,20,22,25,36-37,39H,4,6-9,15H2,1-3H3,(H,30,38)(H,31,40)/t20-,22-,25+/m1/s1. The number of amides is 2. The molecule has 5 N–H and O–H groups in total. The van der Waals surface area contributed by atoms with E-state index in [9.17, 15) is 24.9 Å². The second-order valence-corrected chi connectivity index (χ2v) is 11.0. The average Bonchev–Trinajstić information content (AvgIpc) is 3.52. The van der Waals surface area contributed by atoms with Gasteiger partial charge in [0.1, 0.15) is 18.0 Å². The van der Waals surface area contributed by atoms with Crippen LogP contribution in [0.3, 0.4) is 0 Å². The van der Waals surface area contributed by atoms with E-state index in [0.717, 1.165) is 19.4 Å². The molecule has 218 valence electrons. The molecule has 3 aromatic heterocycles. The molecule has 0 radical (unpaired) electrons. The molecule has 2 aliphatic heterocycles. The van der Waals surface area contributed by atoms with E-state index in [1.165, 1.54) is 10.5 Å². The molecule has 2 amide bonds. The van der Waals surface area contributed by atoms with E-state index in [2.05, 4.69) is 44.6 Å². The zero-order valence-corrected chi connectivity index (χ0v) is 23.2. The number of likely N-dealkylation sites (tertiary alicyclic amines) is 1. The van der Waals surface area contributed by atoms with Gasteiger partial charge in [-0.15, -0.1) is 10.2 Å². The summed E-state index contributed by atoms with van der Waals surface area (Å²) < 4.78 is 7.10. The predicted octanol–water partition coefficient (Wildman–Crippen LogP) is 1.34. The van der Waals surface area contributed by atoms with Gasteiger partial charge >= 0.3 is 0 Å². The molecule has 13 nitrogen and oxygen atoms in total. The molecule has 41 heavy (non-hydrogen) atoms.